The van der Waals surface area contributed by atoms with Crippen molar-refractivity contribution in [1.29, 1.82) is 0 Å². The van der Waals surface area contributed by atoms with Crippen molar-refractivity contribution in [3.63, 3.8) is 0 Å². The molecule has 0 aliphatic heterocycles. The van der Waals surface area contributed by atoms with Crippen molar-refractivity contribution in [1.82, 2.24) is 21.0 Å². The summed E-state index contributed by atoms with van der Waals surface area (Å²) in [6, 6.07) is 14.0. The molecule has 0 atom stereocenters. The number of hydrogen-bond acceptors (Lipinski definition) is 5. The third kappa shape index (κ3) is 4.17. The van der Waals surface area contributed by atoms with Crippen LogP contribution in [0.2, 0.25) is 0 Å². The van der Waals surface area contributed by atoms with E-state index in [4.69, 9.17) is 4.74 Å². The summed E-state index contributed by atoms with van der Waals surface area (Å²) < 4.78 is 5.56. The molecule has 1 aromatic heterocycles. The maximum absolute atomic E-state index is 12.3. The molecule has 0 unspecified atom stereocenters. The van der Waals surface area contributed by atoms with E-state index < -0.39 is 17.4 Å². The van der Waals surface area contributed by atoms with Gasteiger partial charge >= 0.3 is 0 Å². The van der Waals surface area contributed by atoms with Crippen molar-refractivity contribution < 1.29 is 14.3 Å². The number of benzene rings is 2. The van der Waals surface area contributed by atoms with Crippen LogP contribution in [0.4, 0.5) is 0 Å². The smallest absolute Gasteiger partial charge is 0.290 e. The molecule has 3 rings (SSSR count). The highest BCUT2D eigenvalue weighted by Gasteiger charge is 2.15. The Morgan fingerprint density at radius 2 is 1.71 bits per heavy atom. The zero-order valence-electron chi connectivity index (χ0n) is 15.5. The fourth-order valence-electron chi connectivity index (χ4n) is 2.74. The summed E-state index contributed by atoms with van der Waals surface area (Å²) in [5, 5.41) is 6.77. The molecule has 0 saturated carbocycles. The molecule has 0 radical (unpaired) electrons. The van der Waals surface area contributed by atoms with Crippen LogP contribution in [0, 0.1) is 0 Å². The SMILES string of the molecule is CC(C)c1ccccc1OCC(=O)NNC(=O)c1n[nH]c(=O)c2ccccc12. The molecule has 0 spiro atoms. The number of hydrazine groups is 1. The van der Waals surface area contributed by atoms with Gasteiger partial charge < -0.3 is 4.74 Å². The van der Waals surface area contributed by atoms with Gasteiger partial charge in [-0.05, 0) is 23.6 Å². The Morgan fingerprint density at radius 1 is 1.04 bits per heavy atom. The van der Waals surface area contributed by atoms with Crippen LogP contribution in [0.3, 0.4) is 0 Å². The third-order valence-electron chi connectivity index (χ3n) is 4.13. The predicted octanol–water partition coefficient (Wildman–Crippen LogP) is 1.89. The van der Waals surface area contributed by atoms with Gasteiger partial charge in [-0.15, -0.1) is 0 Å². The topological polar surface area (TPSA) is 113 Å². The average molecular weight is 380 g/mol. The lowest BCUT2D eigenvalue weighted by atomic mass is 10.0. The van der Waals surface area contributed by atoms with Crippen LogP contribution in [0.15, 0.2) is 53.3 Å². The van der Waals surface area contributed by atoms with Crippen molar-refractivity contribution >= 4 is 22.6 Å². The first-order valence-electron chi connectivity index (χ1n) is 8.75. The van der Waals surface area contributed by atoms with Gasteiger partial charge in [-0.3, -0.25) is 25.2 Å². The van der Waals surface area contributed by atoms with Crippen LogP contribution >= 0.6 is 0 Å². The zero-order valence-corrected chi connectivity index (χ0v) is 15.5. The number of fused-ring (bicyclic) bond motifs is 1. The number of aromatic nitrogens is 2. The largest absolute Gasteiger partial charge is 0.483 e. The highest BCUT2D eigenvalue weighted by Crippen LogP contribution is 2.25. The lowest BCUT2D eigenvalue weighted by molar-refractivity contribution is -0.123. The maximum Gasteiger partial charge on any atom is 0.290 e. The van der Waals surface area contributed by atoms with E-state index in [0.717, 1.165) is 5.56 Å². The van der Waals surface area contributed by atoms with Crippen LogP contribution in [0.1, 0.15) is 35.8 Å². The van der Waals surface area contributed by atoms with Gasteiger partial charge in [-0.25, -0.2) is 5.10 Å². The molecular formula is C20H20N4O4. The third-order valence-corrected chi connectivity index (χ3v) is 4.13. The zero-order chi connectivity index (χ0) is 20.1. The standard InChI is InChI=1S/C20H20N4O4/c1-12(2)13-7-5-6-10-16(13)28-11-17(25)21-24-20(27)18-14-8-3-4-9-15(14)19(26)23-22-18/h3-10,12H,11H2,1-2H3,(H,21,25)(H,23,26)(H,24,27). The Bertz CT molecular complexity index is 1070. The molecule has 2 amide bonds. The molecule has 144 valence electrons. The highest BCUT2D eigenvalue weighted by molar-refractivity contribution is 6.05. The summed E-state index contributed by atoms with van der Waals surface area (Å²) in [4.78, 5) is 36.1. The van der Waals surface area contributed by atoms with Crippen molar-refractivity contribution in [3.8, 4) is 5.75 Å². The minimum atomic E-state index is -0.650. The first kappa shape index (κ1) is 19.1. The first-order chi connectivity index (χ1) is 13.5. The van der Waals surface area contributed by atoms with E-state index in [-0.39, 0.29) is 18.2 Å². The Hall–Kier alpha value is -3.68. The summed E-state index contributed by atoms with van der Waals surface area (Å²) in [5.74, 6) is -0.310. The quantitative estimate of drug-likeness (QED) is 0.585. The van der Waals surface area contributed by atoms with E-state index in [0.29, 0.717) is 16.5 Å². The molecule has 1 heterocycles. The summed E-state index contributed by atoms with van der Waals surface area (Å²) >= 11 is 0. The number of amides is 2. The second-order valence-electron chi connectivity index (χ2n) is 6.43. The van der Waals surface area contributed by atoms with Gasteiger partial charge in [-0.2, -0.15) is 5.10 Å². The highest BCUT2D eigenvalue weighted by atomic mass is 16.5. The molecule has 8 nitrogen and oxygen atoms in total. The van der Waals surface area contributed by atoms with Crippen molar-refractivity contribution in [3.05, 3.63) is 70.1 Å². The molecule has 0 aliphatic carbocycles. The second kappa shape index (κ2) is 8.34. The second-order valence-corrected chi connectivity index (χ2v) is 6.43. The molecule has 3 aromatic rings. The van der Waals surface area contributed by atoms with E-state index in [1.807, 2.05) is 32.0 Å². The summed E-state index contributed by atoms with van der Waals surface area (Å²) in [6.07, 6.45) is 0. The predicted molar refractivity (Wildman–Crippen MR) is 104 cm³/mol. The van der Waals surface area contributed by atoms with Gasteiger partial charge in [0, 0.05) is 5.39 Å². The Balaban J connectivity index is 1.62. The van der Waals surface area contributed by atoms with E-state index in [2.05, 4.69) is 21.0 Å². The molecule has 0 saturated heterocycles. The summed E-state index contributed by atoms with van der Waals surface area (Å²) in [6.45, 7) is 3.80. The van der Waals surface area contributed by atoms with Gasteiger partial charge in [0.05, 0.1) is 5.39 Å². The number of carbonyl (C=O) groups is 2. The van der Waals surface area contributed by atoms with Gasteiger partial charge in [0.2, 0.25) is 0 Å². The minimum absolute atomic E-state index is 0.00146. The number of rotatable bonds is 5. The number of H-pyrrole nitrogens is 1. The number of ether oxygens (including phenoxy) is 1. The molecule has 3 N–H and O–H groups in total. The van der Waals surface area contributed by atoms with E-state index in [1.54, 1.807) is 30.3 Å². The van der Waals surface area contributed by atoms with Crippen LogP contribution in [-0.4, -0.2) is 28.6 Å². The van der Waals surface area contributed by atoms with Crippen molar-refractivity contribution in [2.24, 2.45) is 0 Å². The molecule has 0 bridgehead atoms. The van der Waals surface area contributed by atoms with Gasteiger partial charge in [-0.1, -0.05) is 50.2 Å². The lowest BCUT2D eigenvalue weighted by Crippen LogP contribution is -2.44. The van der Waals surface area contributed by atoms with Crippen LogP contribution < -0.4 is 21.1 Å². The summed E-state index contributed by atoms with van der Waals surface area (Å²) in [7, 11) is 0. The van der Waals surface area contributed by atoms with Crippen molar-refractivity contribution in [2.75, 3.05) is 6.61 Å². The molecule has 0 aliphatic rings. The molecule has 8 heteroatoms. The lowest BCUT2D eigenvalue weighted by Gasteiger charge is -2.14. The monoisotopic (exact) mass is 380 g/mol. The Kier molecular flexibility index (Phi) is 5.69. The van der Waals surface area contributed by atoms with Gasteiger partial charge in [0.1, 0.15) is 5.75 Å². The van der Waals surface area contributed by atoms with E-state index in [9.17, 15) is 14.4 Å². The number of para-hydroxylation sites is 1. The van der Waals surface area contributed by atoms with Crippen LogP contribution in [0.25, 0.3) is 10.8 Å². The molecule has 0 fully saturated rings. The normalized spacial score (nSPS) is 10.7. The Labute approximate surface area is 160 Å². The van der Waals surface area contributed by atoms with E-state index >= 15 is 0 Å². The Morgan fingerprint density at radius 3 is 2.46 bits per heavy atom. The fourth-order valence-corrected chi connectivity index (χ4v) is 2.74. The minimum Gasteiger partial charge on any atom is -0.483 e. The van der Waals surface area contributed by atoms with Crippen LogP contribution in [0.5, 0.6) is 5.75 Å². The first-order valence-corrected chi connectivity index (χ1v) is 8.75. The number of nitrogens with zero attached hydrogens (tertiary/aromatic N) is 1. The number of nitrogens with one attached hydrogen (secondary N) is 3. The van der Waals surface area contributed by atoms with Crippen LogP contribution in [-0.2, 0) is 4.79 Å². The number of carbonyl (C=O) groups excluding carboxylic acids is 2. The molecular weight excluding hydrogens is 360 g/mol. The maximum atomic E-state index is 12.3. The number of aromatic amines is 1. The van der Waals surface area contributed by atoms with E-state index in [1.165, 1.54) is 0 Å². The number of hydrogen-bond donors (Lipinski definition) is 3. The molecule has 28 heavy (non-hydrogen) atoms. The van der Waals surface area contributed by atoms with Gasteiger partial charge in [0.15, 0.2) is 12.3 Å². The molecule has 2 aromatic carbocycles. The average Bonchev–Trinajstić information content (AvgIpc) is 2.71. The van der Waals surface area contributed by atoms with Crippen molar-refractivity contribution in [2.45, 2.75) is 19.8 Å². The summed E-state index contributed by atoms with van der Waals surface area (Å²) in [5.41, 5.74) is 5.16. The van der Waals surface area contributed by atoms with Gasteiger partial charge in [0.25, 0.3) is 17.4 Å². The fraction of sp³-hybridized carbons (Fsp3) is 0.200.